The average Bonchev–Trinajstić information content (AvgIpc) is 2.14. The topological polar surface area (TPSA) is 0 Å². The SMILES string of the molecule is CCCCCC(CCC)CC[B]S. The maximum atomic E-state index is 4.15. The first-order valence-electron chi connectivity index (χ1n) is 5.81. The Kier molecular flexibility index (Phi) is 10.8. The summed E-state index contributed by atoms with van der Waals surface area (Å²) in [6.45, 7) is 6.57. The fraction of sp³-hybridized carbons (Fsp3) is 1.00. The molecule has 0 N–H and O–H groups in total. The van der Waals surface area contributed by atoms with Gasteiger partial charge in [-0.25, -0.2) is 12.5 Å². The van der Waals surface area contributed by atoms with Crippen LogP contribution in [0, 0.1) is 5.92 Å². The summed E-state index contributed by atoms with van der Waals surface area (Å²) in [6.07, 6.45) is 10.9. The third-order valence-corrected chi connectivity index (χ3v) is 2.88. The highest BCUT2D eigenvalue weighted by Gasteiger charge is 2.06. The molecular weight excluding hydrogens is 175 g/mol. The standard InChI is InChI=1S/C11H24BS/c1-3-5-6-8-11(7-4-2)9-10-12-13/h11,13H,3-10H2,1-2H3. The smallest absolute Gasteiger partial charge is 0.187 e. The molecule has 0 aromatic carbocycles. The first-order chi connectivity index (χ1) is 6.35. The third-order valence-electron chi connectivity index (χ3n) is 2.62. The van der Waals surface area contributed by atoms with E-state index in [0.29, 0.717) is 0 Å². The second kappa shape index (κ2) is 10.5. The molecule has 0 spiro atoms. The summed E-state index contributed by atoms with van der Waals surface area (Å²) in [5.74, 6) is 0.958. The first-order valence-corrected chi connectivity index (χ1v) is 6.32. The molecule has 0 aliphatic rings. The summed E-state index contributed by atoms with van der Waals surface area (Å²) in [4.78, 5) is 0. The van der Waals surface area contributed by atoms with E-state index in [4.69, 9.17) is 0 Å². The highest BCUT2D eigenvalue weighted by Crippen LogP contribution is 2.20. The molecule has 0 fully saturated rings. The molecule has 0 bridgehead atoms. The monoisotopic (exact) mass is 199 g/mol. The van der Waals surface area contributed by atoms with Gasteiger partial charge in [0, 0.05) is 0 Å². The highest BCUT2D eigenvalue weighted by atomic mass is 32.1. The van der Waals surface area contributed by atoms with Crippen molar-refractivity contribution in [2.45, 2.75) is 65.1 Å². The van der Waals surface area contributed by atoms with Crippen molar-refractivity contribution in [2.75, 3.05) is 0 Å². The quantitative estimate of drug-likeness (QED) is 0.318. The maximum absolute atomic E-state index is 4.15. The summed E-state index contributed by atoms with van der Waals surface area (Å²) < 4.78 is 0. The van der Waals surface area contributed by atoms with Crippen molar-refractivity contribution in [1.82, 2.24) is 0 Å². The lowest BCUT2D eigenvalue weighted by molar-refractivity contribution is 0.412. The predicted molar refractivity (Wildman–Crippen MR) is 66.7 cm³/mol. The zero-order valence-corrected chi connectivity index (χ0v) is 10.2. The van der Waals surface area contributed by atoms with E-state index in [0.717, 1.165) is 5.92 Å². The Bertz CT molecular complexity index is 96.1. The third kappa shape index (κ3) is 8.74. The Morgan fingerprint density at radius 2 is 1.77 bits per heavy atom. The predicted octanol–water partition coefficient (Wildman–Crippen LogP) is 4.34. The molecule has 0 aliphatic carbocycles. The Labute approximate surface area is 90.4 Å². The summed E-state index contributed by atoms with van der Waals surface area (Å²) in [5, 5.41) is 0. The van der Waals surface area contributed by atoms with Gasteiger partial charge < -0.3 is 0 Å². The molecule has 13 heavy (non-hydrogen) atoms. The molecule has 1 radical (unpaired) electrons. The van der Waals surface area contributed by atoms with Crippen LogP contribution in [0.4, 0.5) is 0 Å². The highest BCUT2D eigenvalue weighted by molar-refractivity contribution is 8.06. The van der Waals surface area contributed by atoms with E-state index in [2.05, 4.69) is 26.3 Å². The number of unbranched alkanes of at least 4 members (excludes halogenated alkanes) is 2. The van der Waals surface area contributed by atoms with Crippen LogP contribution in [-0.2, 0) is 0 Å². The second-order valence-electron chi connectivity index (χ2n) is 3.91. The van der Waals surface area contributed by atoms with Gasteiger partial charge in [0.05, 0.1) is 0 Å². The van der Waals surface area contributed by atoms with Crippen LogP contribution in [0.1, 0.15) is 58.8 Å². The molecule has 0 aliphatic heterocycles. The van der Waals surface area contributed by atoms with Gasteiger partial charge in [0.1, 0.15) is 0 Å². The Balaban J connectivity index is 3.41. The summed E-state index contributed by atoms with van der Waals surface area (Å²) >= 11 is 4.15. The Morgan fingerprint density at radius 1 is 1.00 bits per heavy atom. The van der Waals surface area contributed by atoms with E-state index in [1.54, 1.807) is 0 Å². The minimum absolute atomic E-state index is 0.958. The van der Waals surface area contributed by atoms with Gasteiger partial charge in [0.2, 0.25) is 0 Å². The molecule has 0 saturated heterocycles. The van der Waals surface area contributed by atoms with Gasteiger partial charge in [0.15, 0.2) is 6.56 Å². The molecule has 0 rings (SSSR count). The second-order valence-corrected chi connectivity index (χ2v) is 4.28. The first kappa shape index (κ1) is 13.4. The molecule has 1 unspecified atom stereocenters. The number of hydrogen-bond acceptors (Lipinski definition) is 1. The van der Waals surface area contributed by atoms with E-state index in [-0.39, 0.29) is 0 Å². The van der Waals surface area contributed by atoms with Gasteiger partial charge in [-0.3, -0.25) is 0 Å². The molecule has 0 aromatic heterocycles. The van der Waals surface area contributed by atoms with Crippen molar-refractivity contribution >= 4 is 19.0 Å². The van der Waals surface area contributed by atoms with Crippen LogP contribution >= 0.6 is 12.5 Å². The van der Waals surface area contributed by atoms with Gasteiger partial charge in [-0.1, -0.05) is 65.1 Å². The van der Waals surface area contributed by atoms with Crippen LogP contribution in [0.5, 0.6) is 0 Å². The van der Waals surface area contributed by atoms with E-state index in [1.807, 2.05) is 6.56 Å². The number of rotatable bonds is 9. The van der Waals surface area contributed by atoms with Gasteiger partial charge in [-0.15, -0.1) is 0 Å². The van der Waals surface area contributed by atoms with E-state index < -0.39 is 0 Å². The molecule has 1 atom stereocenters. The van der Waals surface area contributed by atoms with Crippen molar-refractivity contribution in [3.05, 3.63) is 0 Å². The minimum Gasteiger partial charge on any atom is -0.235 e. The molecule has 0 amide bonds. The van der Waals surface area contributed by atoms with Crippen molar-refractivity contribution in [3.8, 4) is 0 Å². The number of thiol groups is 1. The molecule has 2 heteroatoms. The number of hydrogen-bond donors (Lipinski definition) is 1. The zero-order chi connectivity index (χ0) is 9.94. The van der Waals surface area contributed by atoms with Crippen LogP contribution in [0.15, 0.2) is 0 Å². The van der Waals surface area contributed by atoms with Crippen molar-refractivity contribution in [1.29, 1.82) is 0 Å². The summed E-state index contributed by atoms with van der Waals surface area (Å²) in [7, 11) is 0. The lowest BCUT2D eigenvalue weighted by atomic mass is 9.86. The van der Waals surface area contributed by atoms with Crippen LogP contribution in [0.25, 0.3) is 0 Å². The fourth-order valence-electron chi connectivity index (χ4n) is 1.83. The molecule has 0 saturated carbocycles. The lowest BCUT2D eigenvalue weighted by Crippen LogP contribution is -2.01. The van der Waals surface area contributed by atoms with E-state index in [9.17, 15) is 0 Å². The Hall–Kier alpha value is 0.415. The minimum atomic E-state index is 0.958. The molecule has 0 heterocycles. The van der Waals surface area contributed by atoms with Crippen LogP contribution in [0.2, 0.25) is 6.32 Å². The average molecular weight is 199 g/mol. The molecule has 77 valence electrons. The molecule has 0 nitrogen and oxygen atoms in total. The largest absolute Gasteiger partial charge is 0.235 e. The fourth-order valence-corrected chi connectivity index (χ4v) is 1.98. The van der Waals surface area contributed by atoms with Crippen LogP contribution in [-0.4, -0.2) is 6.56 Å². The van der Waals surface area contributed by atoms with Crippen LogP contribution < -0.4 is 0 Å². The van der Waals surface area contributed by atoms with Crippen molar-refractivity contribution < 1.29 is 0 Å². The van der Waals surface area contributed by atoms with Crippen LogP contribution in [0.3, 0.4) is 0 Å². The van der Waals surface area contributed by atoms with Gasteiger partial charge in [-0.2, -0.15) is 0 Å². The summed E-state index contributed by atoms with van der Waals surface area (Å²) in [5.41, 5.74) is 0. The molecular formula is C11H24BS. The molecule has 0 aromatic rings. The van der Waals surface area contributed by atoms with Crippen molar-refractivity contribution in [2.24, 2.45) is 5.92 Å². The van der Waals surface area contributed by atoms with E-state index in [1.165, 1.54) is 51.3 Å². The maximum Gasteiger partial charge on any atom is 0.187 e. The summed E-state index contributed by atoms with van der Waals surface area (Å²) in [6, 6.07) is 0. The van der Waals surface area contributed by atoms with Gasteiger partial charge >= 0.3 is 0 Å². The Morgan fingerprint density at radius 3 is 2.31 bits per heavy atom. The zero-order valence-electron chi connectivity index (χ0n) is 9.26. The van der Waals surface area contributed by atoms with Gasteiger partial charge in [-0.05, 0) is 5.92 Å². The van der Waals surface area contributed by atoms with Gasteiger partial charge in [0.25, 0.3) is 0 Å². The lowest BCUT2D eigenvalue weighted by Gasteiger charge is -2.14. The van der Waals surface area contributed by atoms with Crippen molar-refractivity contribution in [3.63, 3.8) is 0 Å². The van der Waals surface area contributed by atoms with E-state index >= 15 is 0 Å². The normalized spacial score (nSPS) is 12.8.